The van der Waals surface area contributed by atoms with E-state index in [1.165, 1.54) is 0 Å². The molecule has 0 saturated carbocycles. The van der Waals surface area contributed by atoms with Gasteiger partial charge in [-0.1, -0.05) is 0 Å². The number of fused-ring (bicyclic) bond motifs is 3. The molecule has 0 unspecified atom stereocenters. The van der Waals surface area contributed by atoms with Gasteiger partial charge in [-0.05, 0) is 31.9 Å². The van der Waals surface area contributed by atoms with Gasteiger partial charge in [-0.25, -0.2) is 0 Å². The van der Waals surface area contributed by atoms with Crippen LogP contribution < -0.4 is 0 Å². The highest BCUT2D eigenvalue weighted by atomic mass is 79.9. The summed E-state index contributed by atoms with van der Waals surface area (Å²) in [6.07, 6.45) is 0. The molecule has 3 nitrogen and oxygen atoms in total. The van der Waals surface area contributed by atoms with E-state index in [0.29, 0.717) is 32.0 Å². The number of carbonyl (C=O) groups excluding carboxylic acids is 1. The summed E-state index contributed by atoms with van der Waals surface area (Å²) in [7, 11) is 0. The predicted octanol–water partition coefficient (Wildman–Crippen LogP) is 3.61. The monoisotopic (exact) mass is 316 g/mol. The SMILES string of the molecule is O=C1c2cc(Br)oc2-c2oc(Br)cc21. The van der Waals surface area contributed by atoms with Gasteiger partial charge >= 0.3 is 0 Å². The van der Waals surface area contributed by atoms with E-state index in [1.807, 2.05) is 0 Å². The lowest BCUT2D eigenvalue weighted by Gasteiger charge is -1.86. The molecule has 1 aliphatic rings. The third-order valence-corrected chi connectivity index (χ3v) is 2.88. The van der Waals surface area contributed by atoms with Crippen LogP contribution in [0.1, 0.15) is 15.9 Å². The summed E-state index contributed by atoms with van der Waals surface area (Å²) in [6, 6.07) is 3.31. The van der Waals surface area contributed by atoms with Crippen molar-refractivity contribution in [2.45, 2.75) is 0 Å². The molecule has 0 radical (unpaired) electrons. The van der Waals surface area contributed by atoms with Crippen molar-refractivity contribution in [3.8, 4) is 11.5 Å². The molecule has 70 valence electrons. The second-order valence-electron chi connectivity index (χ2n) is 2.92. The van der Waals surface area contributed by atoms with Gasteiger partial charge in [-0.3, -0.25) is 4.79 Å². The van der Waals surface area contributed by atoms with E-state index >= 15 is 0 Å². The third-order valence-electron chi connectivity index (χ3n) is 2.10. The van der Waals surface area contributed by atoms with E-state index in [2.05, 4.69) is 31.9 Å². The normalized spacial score (nSPS) is 13.1. The van der Waals surface area contributed by atoms with Crippen molar-refractivity contribution in [2.24, 2.45) is 0 Å². The summed E-state index contributed by atoms with van der Waals surface area (Å²) in [5, 5.41) is 0. The van der Waals surface area contributed by atoms with Crippen molar-refractivity contribution in [2.75, 3.05) is 0 Å². The molecule has 14 heavy (non-hydrogen) atoms. The molecule has 3 rings (SSSR count). The molecule has 1 aliphatic carbocycles. The number of halogens is 2. The molecular formula is C9H2Br2O3. The van der Waals surface area contributed by atoms with Crippen LogP contribution in [-0.4, -0.2) is 5.78 Å². The molecule has 0 atom stereocenters. The third kappa shape index (κ3) is 0.938. The number of rotatable bonds is 0. The molecular weight excluding hydrogens is 316 g/mol. The standard InChI is InChI=1S/C9H2Br2O3/c10-5-1-3-7(12)4-2-6(11)14-9(4)8(3)13-5/h1-2H. The van der Waals surface area contributed by atoms with Crippen LogP contribution in [0, 0.1) is 0 Å². The Morgan fingerprint density at radius 3 is 1.79 bits per heavy atom. The minimum Gasteiger partial charge on any atom is -0.445 e. The van der Waals surface area contributed by atoms with Gasteiger partial charge in [0, 0.05) is 12.1 Å². The Labute approximate surface area is 95.3 Å². The number of hydrogen-bond acceptors (Lipinski definition) is 3. The fourth-order valence-corrected chi connectivity index (χ4v) is 2.32. The van der Waals surface area contributed by atoms with Crippen molar-refractivity contribution in [1.82, 2.24) is 0 Å². The highest BCUT2D eigenvalue weighted by molar-refractivity contribution is 9.10. The summed E-state index contributed by atoms with van der Waals surface area (Å²) in [6.45, 7) is 0. The zero-order valence-electron chi connectivity index (χ0n) is 6.64. The summed E-state index contributed by atoms with van der Waals surface area (Å²) in [5.41, 5.74) is 1.11. The van der Waals surface area contributed by atoms with Crippen LogP contribution in [0.3, 0.4) is 0 Å². The van der Waals surface area contributed by atoms with Crippen molar-refractivity contribution in [1.29, 1.82) is 0 Å². The average molecular weight is 318 g/mol. The molecule has 0 saturated heterocycles. The highest BCUT2D eigenvalue weighted by Crippen LogP contribution is 2.42. The Bertz CT molecular complexity index is 502. The molecule has 0 aromatic carbocycles. The number of furan rings is 2. The lowest BCUT2D eigenvalue weighted by Crippen LogP contribution is -1.91. The van der Waals surface area contributed by atoms with Crippen LogP contribution in [0.4, 0.5) is 0 Å². The Morgan fingerprint density at radius 2 is 1.36 bits per heavy atom. The largest absolute Gasteiger partial charge is 0.445 e. The maximum absolute atomic E-state index is 11.8. The van der Waals surface area contributed by atoms with Gasteiger partial charge in [-0.2, -0.15) is 0 Å². The minimum atomic E-state index is -0.0566. The van der Waals surface area contributed by atoms with E-state index in [1.54, 1.807) is 12.1 Å². The van der Waals surface area contributed by atoms with E-state index in [4.69, 9.17) is 8.83 Å². The zero-order valence-corrected chi connectivity index (χ0v) is 9.81. The number of hydrogen-bond donors (Lipinski definition) is 0. The Hall–Kier alpha value is -0.810. The Morgan fingerprint density at radius 1 is 0.929 bits per heavy atom. The highest BCUT2D eigenvalue weighted by Gasteiger charge is 2.34. The van der Waals surface area contributed by atoms with Crippen LogP contribution >= 0.6 is 31.9 Å². The second kappa shape index (κ2) is 2.61. The lowest BCUT2D eigenvalue weighted by molar-refractivity contribution is 0.104. The van der Waals surface area contributed by atoms with Crippen LogP contribution in [-0.2, 0) is 0 Å². The topological polar surface area (TPSA) is 43.4 Å². The quantitative estimate of drug-likeness (QED) is 0.636. The molecule has 0 bridgehead atoms. The van der Waals surface area contributed by atoms with Crippen LogP contribution in [0.2, 0.25) is 0 Å². The molecule has 5 heteroatoms. The first-order chi connectivity index (χ1) is 6.66. The van der Waals surface area contributed by atoms with E-state index in [-0.39, 0.29) is 5.78 Å². The average Bonchev–Trinajstić information content (AvgIpc) is 2.71. The number of ketones is 1. The van der Waals surface area contributed by atoms with Crippen molar-refractivity contribution < 1.29 is 13.6 Å². The van der Waals surface area contributed by atoms with Crippen molar-refractivity contribution >= 4 is 37.6 Å². The first kappa shape index (κ1) is 8.49. The molecule has 2 heterocycles. The summed E-state index contributed by atoms with van der Waals surface area (Å²) >= 11 is 6.34. The fourth-order valence-electron chi connectivity index (χ4n) is 1.54. The van der Waals surface area contributed by atoms with Crippen molar-refractivity contribution in [3.63, 3.8) is 0 Å². The lowest BCUT2D eigenvalue weighted by atomic mass is 10.2. The molecule has 0 aliphatic heterocycles. The van der Waals surface area contributed by atoms with Gasteiger partial charge in [0.25, 0.3) is 0 Å². The molecule has 0 spiro atoms. The first-order valence-electron chi connectivity index (χ1n) is 3.80. The fraction of sp³-hybridized carbons (Fsp3) is 0. The maximum atomic E-state index is 11.8. The van der Waals surface area contributed by atoms with Gasteiger partial charge < -0.3 is 8.83 Å². The molecule has 0 fully saturated rings. The van der Waals surface area contributed by atoms with Crippen molar-refractivity contribution in [3.05, 3.63) is 32.6 Å². The molecule has 2 aromatic heterocycles. The van der Waals surface area contributed by atoms with Crippen LogP contribution in [0.5, 0.6) is 0 Å². The van der Waals surface area contributed by atoms with Gasteiger partial charge in [0.2, 0.25) is 5.78 Å². The maximum Gasteiger partial charge on any atom is 0.201 e. The molecule has 0 amide bonds. The minimum absolute atomic E-state index is 0.0566. The molecule has 0 N–H and O–H groups in total. The smallest absolute Gasteiger partial charge is 0.201 e. The predicted molar refractivity (Wildman–Crippen MR) is 55.2 cm³/mol. The van der Waals surface area contributed by atoms with Crippen LogP contribution in [0.25, 0.3) is 11.5 Å². The Balaban J connectivity index is 2.37. The zero-order chi connectivity index (χ0) is 9.87. The molecule has 2 aromatic rings. The van der Waals surface area contributed by atoms with E-state index in [0.717, 1.165) is 0 Å². The Kier molecular flexibility index (Phi) is 1.58. The van der Waals surface area contributed by atoms with Gasteiger partial charge in [0.05, 0.1) is 11.1 Å². The number of carbonyl (C=O) groups is 1. The van der Waals surface area contributed by atoms with Gasteiger partial charge in [0.1, 0.15) is 0 Å². The summed E-state index contributed by atoms with van der Waals surface area (Å²) in [5.74, 6) is 0.948. The summed E-state index contributed by atoms with van der Waals surface area (Å²) < 4.78 is 11.7. The van der Waals surface area contributed by atoms with E-state index < -0.39 is 0 Å². The summed E-state index contributed by atoms with van der Waals surface area (Å²) in [4.78, 5) is 11.8. The van der Waals surface area contributed by atoms with Gasteiger partial charge in [0.15, 0.2) is 20.9 Å². The van der Waals surface area contributed by atoms with Crippen LogP contribution in [0.15, 0.2) is 30.3 Å². The first-order valence-corrected chi connectivity index (χ1v) is 5.39. The van der Waals surface area contributed by atoms with Gasteiger partial charge in [-0.15, -0.1) is 0 Å². The van der Waals surface area contributed by atoms with E-state index in [9.17, 15) is 4.79 Å². The second-order valence-corrected chi connectivity index (χ2v) is 4.48.